The van der Waals surface area contributed by atoms with Crippen LogP contribution in [0.5, 0.6) is 0 Å². The van der Waals surface area contributed by atoms with Gasteiger partial charge in [-0.25, -0.2) is 9.97 Å². The highest BCUT2D eigenvalue weighted by atomic mass is 35.5. The van der Waals surface area contributed by atoms with Crippen molar-refractivity contribution in [3.63, 3.8) is 0 Å². The van der Waals surface area contributed by atoms with E-state index in [9.17, 15) is 4.79 Å². The first kappa shape index (κ1) is 17.4. The Balaban J connectivity index is 2.29. The van der Waals surface area contributed by atoms with Crippen LogP contribution in [0.1, 0.15) is 26.5 Å². The molecule has 0 atom stereocenters. The van der Waals surface area contributed by atoms with E-state index in [0.717, 1.165) is 34.4 Å². The van der Waals surface area contributed by atoms with Gasteiger partial charge < -0.3 is 9.88 Å². The quantitative estimate of drug-likeness (QED) is 0.738. The van der Waals surface area contributed by atoms with Crippen LogP contribution in [0.3, 0.4) is 0 Å². The Morgan fingerprint density at radius 2 is 1.92 bits per heavy atom. The van der Waals surface area contributed by atoms with Gasteiger partial charge in [-0.1, -0.05) is 37.6 Å². The van der Waals surface area contributed by atoms with E-state index < -0.39 is 0 Å². The second-order valence-corrected chi connectivity index (χ2v) is 6.71. The number of nitrogens with one attached hydrogen (secondary N) is 1. The number of amides is 1. The summed E-state index contributed by atoms with van der Waals surface area (Å²) in [5.41, 5.74) is 3.95. The van der Waals surface area contributed by atoms with Crippen molar-refractivity contribution in [3.05, 3.63) is 41.3 Å². The molecule has 0 saturated heterocycles. The van der Waals surface area contributed by atoms with Gasteiger partial charge >= 0.3 is 0 Å². The maximum absolute atomic E-state index is 12.2. The van der Waals surface area contributed by atoms with Gasteiger partial charge in [0, 0.05) is 28.7 Å². The molecule has 0 aliphatic heterocycles. The van der Waals surface area contributed by atoms with Crippen LogP contribution in [0.15, 0.2) is 30.6 Å². The summed E-state index contributed by atoms with van der Waals surface area (Å²) >= 11 is 6.04. The molecular formula is C19H21ClN4O. The van der Waals surface area contributed by atoms with Crippen molar-refractivity contribution in [2.24, 2.45) is 5.92 Å². The summed E-state index contributed by atoms with van der Waals surface area (Å²) in [4.78, 5) is 21.0. The minimum Gasteiger partial charge on any atom is -0.329 e. The molecule has 0 saturated carbocycles. The lowest BCUT2D eigenvalue weighted by Crippen LogP contribution is -2.18. The largest absolute Gasteiger partial charge is 0.329 e. The first-order chi connectivity index (χ1) is 11.9. The van der Waals surface area contributed by atoms with Gasteiger partial charge in [0.05, 0.1) is 5.39 Å². The molecule has 25 heavy (non-hydrogen) atoms. The zero-order valence-corrected chi connectivity index (χ0v) is 15.6. The topological polar surface area (TPSA) is 59.8 Å². The molecule has 2 heterocycles. The first-order valence-corrected chi connectivity index (χ1v) is 8.72. The van der Waals surface area contributed by atoms with Crippen LogP contribution in [-0.2, 0) is 11.3 Å². The van der Waals surface area contributed by atoms with E-state index in [1.54, 1.807) is 0 Å². The Labute approximate surface area is 152 Å². The fourth-order valence-electron chi connectivity index (χ4n) is 3.00. The van der Waals surface area contributed by atoms with Gasteiger partial charge in [-0.15, -0.1) is 0 Å². The van der Waals surface area contributed by atoms with Crippen molar-refractivity contribution >= 4 is 34.4 Å². The highest BCUT2D eigenvalue weighted by molar-refractivity contribution is 6.30. The fourth-order valence-corrected chi connectivity index (χ4v) is 3.12. The molecule has 6 heteroatoms. The number of aromatic nitrogens is 3. The predicted molar refractivity (Wildman–Crippen MR) is 102 cm³/mol. The summed E-state index contributed by atoms with van der Waals surface area (Å²) in [5, 5.41) is 4.49. The third kappa shape index (κ3) is 3.12. The van der Waals surface area contributed by atoms with E-state index in [0.29, 0.717) is 10.8 Å². The summed E-state index contributed by atoms with van der Waals surface area (Å²) in [7, 11) is 0. The minimum absolute atomic E-state index is 0.0658. The number of rotatable bonds is 4. The lowest BCUT2D eigenvalue weighted by molar-refractivity contribution is -0.118. The molecule has 2 aromatic heterocycles. The monoisotopic (exact) mass is 356 g/mol. The molecule has 0 fully saturated rings. The maximum Gasteiger partial charge on any atom is 0.228 e. The van der Waals surface area contributed by atoms with Gasteiger partial charge in [-0.05, 0) is 31.5 Å². The molecule has 0 unspecified atom stereocenters. The summed E-state index contributed by atoms with van der Waals surface area (Å²) < 4.78 is 2.13. The van der Waals surface area contributed by atoms with Gasteiger partial charge in [0.2, 0.25) is 5.91 Å². The van der Waals surface area contributed by atoms with E-state index in [1.807, 2.05) is 38.1 Å². The summed E-state index contributed by atoms with van der Waals surface area (Å²) in [6.07, 6.45) is 1.50. The molecule has 1 N–H and O–H groups in total. The van der Waals surface area contributed by atoms with E-state index in [2.05, 4.69) is 33.7 Å². The summed E-state index contributed by atoms with van der Waals surface area (Å²) in [6.45, 7) is 8.63. The van der Waals surface area contributed by atoms with Gasteiger partial charge in [-0.3, -0.25) is 4.79 Å². The number of nitrogens with zero attached hydrogens (tertiary/aromatic N) is 3. The lowest BCUT2D eigenvalue weighted by atomic mass is 10.0. The van der Waals surface area contributed by atoms with Gasteiger partial charge in [-0.2, -0.15) is 0 Å². The van der Waals surface area contributed by atoms with Crippen molar-refractivity contribution in [1.29, 1.82) is 0 Å². The second kappa shape index (κ2) is 6.84. The molecule has 0 aliphatic carbocycles. The zero-order valence-electron chi connectivity index (χ0n) is 14.8. The molecule has 1 aromatic carbocycles. The van der Waals surface area contributed by atoms with Crippen molar-refractivity contribution in [2.45, 2.75) is 34.2 Å². The van der Waals surface area contributed by atoms with Crippen LogP contribution in [0.2, 0.25) is 5.02 Å². The molecule has 0 bridgehead atoms. The van der Waals surface area contributed by atoms with Crippen LogP contribution in [0.25, 0.3) is 22.2 Å². The number of hydrogen-bond donors (Lipinski definition) is 1. The van der Waals surface area contributed by atoms with Crippen molar-refractivity contribution in [1.82, 2.24) is 14.5 Å². The second-order valence-electron chi connectivity index (χ2n) is 6.28. The lowest BCUT2D eigenvalue weighted by Gasteiger charge is -2.09. The molecule has 1 amide bonds. The third-order valence-electron chi connectivity index (χ3n) is 4.31. The van der Waals surface area contributed by atoms with E-state index in [1.165, 1.54) is 6.33 Å². The Hall–Kier alpha value is -2.40. The van der Waals surface area contributed by atoms with Crippen LogP contribution in [0.4, 0.5) is 5.82 Å². The molecule has 3 aromatic rings. The van der Waals surface area contributed by atoms with Crippen molar-refractivity contribution in [2.75, 3.05) is 5.32 Å². The number of hydrogen-bond acceptors (Lipinski definition) is 3. The van der Waals surface area contributed by atoms with Crippen LogP contribution < -0.4 is 5.32 Å². The molecule has 5 nitrogen and oxygen atoms in total. The number of benzene rings is 1. The number of aryl methyl sites for hydroxylation is 1. The van der Waals surface area contributed by atoms with Gasteiger partial charge in [0.25, 0.3) is 0 Å². The standard InChI is InChI=1S/C19H21ClN4O/c1-5-24-12(4)15(13-6-8-14(20)9-7-13)16-17(21-10-22-18(16)24)23-19(25)11(2)3/h6-11H,5H2,1-4H3,(H,21,22,23,25). The predicted octanol–water partition coefficient (Wildman–Crippen LogP) is 4.67. The smallest absolute Gasteiger partial charge is 0.228 e. The zero-order chi connectivity index (χ0) is 18.1. The van der Waals surface area contributed by atoms with Crippen molar-refractivity contribution in [3.8, 4) is 11.1 Å². The summed E-state index contributed by atoms with van der Waals surface area (Å²) in [5.74, 6) is 0.353. The van der Waals surface area contributed by atoms with E-state index >= 15 is 0 Å². The Kier molecular flexibility index (Phi) is 4.77. The Bertz CT molecular complexity index is 929. The Morgan fingerprint density at radius 1 is 1.24 bits per heavy atom. The van der Waals surface area contributed by atoms with Gasteiger partial charge in [0.1, 0.15) is 17.8 Å². The fraction of sp³-hybridized carbons (Fsp3) is 0.316. The average molecular weight is 357 g/mol. The number of carbonyl (C=O) groups excluding carboxylic acids is 1. The average Bonchev–Trinajstić information content (AvgIpc) is 2.88. The van der Waals surface area contributed by atoms with E-state index in [4.69, 9.17) is 11.6 Å². The van der Waals surface area contributed by atoms with Crippen LogP contribution >= 0.6 is 11.6 Å². The maximum atomic E-state index is 12.2. The number of carbonyl (C=O) groups is 1. The highest BCUT2D eigenvalue weighted by Crippen LogP contribution is 2.37. The molecule has 3 rings (SSSR count). The number of fused-ring (bicyclic) bond motifs is 1. The first-order valence-electron chi connectivity index (χ1n) is 8.34. The molecule has 130 valence electrons. The van der Waals surface area contributed by atoms with E-state index in [-0.39, 0.29) is 11.8 Å². The normalized spacial score (nSPS) is 11.3. The molecular weight excluding hydrogens is 336 g/mol. The molecule has 0 radical (unpaired) electrons. The molecule has 0 aliphatic rings. The number of halogens is 1. The van der Waals surface area contributed by atoms with Crippen LogP contribution in [-0.4, -0.2) is 20.4 Å². The van der Waals surface area contributed by atoms with Crippen molar-refractivity contribution < 1.29 is 4.79 Å². The van der Waals surface area contributed by atoms with Gasteiger partial charge in [0.15, 0.2) is 0 Å². The minimum atomic E-state index is -0.127. The Morgan fingerprint density at radius 3 is 2.52 bits per heavy atom. The van der Waals surface area contributed by atoms with Crippen LogP contribution in [0, 0.1) is 12.8 Å². The third-order valence-corrected chi connectivity index (χ3v) is 4.57. The summed E-state index contributed by atoms with van der Waals surface area (Å²) in [6, 6.07) is 7.68. The number of anilines is 1. The molecule has 0 spiro atoms. The SMILES string of the molecule is CCn1c(C)c(-c2ccc(Cl)cc2)c2c(NC(=O)C(C)C)ncnc21. The highest BCUT2D eigenvalue weighted by Gasteiger charge is 2.21.